The summed E-state index contributed by atoms with van der Waals surface area (Å²) in [5, 5.41) is 0. The molecule has 0 fully saturated rings. The lowest BCUT2D eigenvalue weighted by atomic mass is 10.6. The minimum Gasteiger partial charge on any atom is -0.355 e. The van der Waals surface area contributed by atoms with E-state index >= 15 is 0 Å². The summed E-state index contributed by atoms with van der Waals surface area (Å²) >= 11 is 0. The van der Waals surface area contributed by atoms with Gasteiger partial charge in [-0.1, -0.05) is 39.3 Å². The molecular weight excluding hydrogens is 222 g/mol. The molecule has 5 heteroatoms. The quantitative estimate of drug-likeness (QED) is 0.533. The Morgan fingerprint density at radius 3 is 1.40 bits per heavy atom. The average Bonchev–Trinajstić information content (AvgIpc) is 2.01. The molecule has 0 aromatic carbocycles. The Morgan fingerprint density at radius 2 is 1.20 bits per heavy atom. The van der Waals surface area contributed by atoms with Crippen LogP contribution >= 0.6 is 0 Å². The van der Waals surface area contributed by atoms with Gasteiger partial charge >= 0.3 is 0 Å². The maximum absolute atomic E-state index is 5.30. The van der Waals surface area contributed by atoms with Gasteiger partial charge in [0.25, 0.3) is 0 Å². The van der Waals surface area contributed by atoms with Crippen LogP contribution in [0.3, 0.4) is 0 Å². The molecule has 15 heavy (non-hydrogen) atoms. The molecule has 0 rings (SSSR count). The van der Waals surface area contributed by atoms with Gasteiger partial charge in [0.05, 0.1) is 0 Å². The van der Waals surface area contributed by atoms with E-state index in [9.17, 15) is 0 Å². The van der Waals surface area contributed by atoms with E-state index < -0.39 is 16.5 Å². The fourth-order valence-corrected chi connectivity index (χ4v) is 11.4. The Balaban J connectivity index is 4.67. The highest BCUT2D eigenvalue weighted by molar-refractivity contribution is 6.89. The van der Waals surface area contributed by atoms with Crippen molar-refractivity contribution in [3.8, 4) is 0 Å². The lowest BCUT2D eigenvalue weighted by Gasteiger charge is -2.44. The molecule has 0 N–H and O–H groups in total. The van der Waals surface area contributed by atoms with Crippen molar-refractivity contribution in [2.75, 3.05) is 20.8 Å². The van der Waals surface area contributed by atoms with Crippen molar-refractivity contribution in [2.45, 2.75) is 45.6 Å². The van der Waals surface area contributed by atoms with Gasteiger partial charge in [-0.05, 0) is 0 Å². The van der Waals surface area contributed by atoms with Crippen molar-refractivity contribution in [1.29, 1.82) is 0 Å². The molecule has 0 saturated heterocycles. The third-order valence-corrected chi connectivity index (χ3v) is 10.1. The van der Waals surface area contributed by atoms with Gasteiger partial charge in [-0.3, -0.25) is 0 Å². The van der Waals surface area contributed by atoms with Gasteiger partial charge in [-0.25, -0.2) is 0 Å². The second-order valence-electron chi connectivity index (χ2n) is 5.85. The highest BCUT2D eigenvalue weighted by Crippen LogP contribution is 2.20. The van der Waals surface area contributed by atoms with Gasteiger partial charge in [0, 0.05) is 20.8 Å². The second kappa shape index (κ2) is 5.59. The Kier molecular flexibility index (Phi) is 5.70. The topological polar surface area (TPSA) is 21.7 Å². The summed E-state index contributed by atoms with van der Waals surface area (Å²) in [6, 6.07) is 0. The molecule has 0 aromatic rings. The Labute approximate surface area is 96.9 Å². The van der Waals surface area contributed by atoms with E-state index in [-0.39, 0.29) is 6.29 Å². The number of rotatable bonds is 6. The lowest BCUT2D eigenvalue weighted by molar-refractivity contribution is -0.104. The van der Waals surface area contributed by atoms with Crippen LogP contribution < -0.4 is 0 Å². The number of ether oxygens (including phenoxy) is 2. The van der Waals surface area contributed by atoms with E-state index in [1.165, 1.54) is 0 Å². The van der Waals surface area contributed by atoms with Crippen LogP contribution in [-0.2, 0) is 9.47 Å². The number of methoxy groups -OCH3 is 2. The van der Waals surface area contributed by atoms with Gasteiger partial charge in [-0.2, -0.15) is 0 Å². The largest absolute Gasteiger partial charge is 0.355 e. The van der Waals surface area contributed by atoms with Crippen LogP contribution in [0.1, 0.15) is 0 Å². The summed E-state index contributed by atoms with van der Waals surface area (Å²) in [6.07, 6.45) is -0.0940. The standard InChI is InChI=1S/C10H27NO2Si2/c1-12-10(13-2)9-11(14(3,4)5)15(6,7)8/h10H,9H2,1-8H3. The average molecular weight is 250 g/mol. The van der Waals surface area contributed by atoms with Crippen molar-refractivity contribution < 1.29 is 9.47 Å². The van der Waals surface area contributed by atoms with Gasteiger partial charge in [-0.15, -0.1) is 0 Å². The molecule has 0 aliphatic heterocycles. The van der Waals surface area contributed by atoms with Crippen LogP contribution in [0.15, 0.2) is 0 Å². The minimum atomic E-state index is -1.28. The smallest absolute Gasteiger partial charge is 0.168 e. The van der Waals surface area contributed by atoms with E-state index in [1.54, 1.807) is 14.2 Å². The first kappa shape index (κ1) is 15.3. The monoisotopic (exact) mass is 249 g/mol. The Bertz CT molecular complexity index is 169. The lowest BCUT2D eigenvalue weighted by Crippen LogP contribution is -2.61. The highest BCUT2D eigenvalue weighted by atomic mass is 28.4. The normalized spacial score (nSPS) is 14.0. The molecule has 0 atom stereocenters. The van der Waals surface area contributed by atoms with E-state index in [1.807, 2.05) is 0 Å². The summed E-state index contributed by atoms with van der Waals surface area (Å²) in [5.41, 5.74) is 0. The Morgan fingerprint density at radius 1 is 0.867 bits per heavy atom. The molecule has 0 aliphatic carbocycles. The molecule has 0 spiro atoms. The van der Waals surface area contributed by atoms with Crippen molar-refractivity contribution in [1.82, 2.24) is 4.23 Å². The molecule has 0 amide bonds. The van der Waals surface area contributed by atoms with Crippen molar-refractivity contribution in [3.05, 3.63) is 0 Å². The van der Waals surface area contributed by atoms with Crippen LogP contribution in [0.4, 0.5) is 0 Å². The van der Waals surface area contributed by atoms with Crippen LogP contribution in [0.5, 0.6) is 0 Å². The maximum atomic E-state index is 5.30. The van der Waals surface area contributed by atoms with Crippen LogP contribution in [0.2, 0.25) is 39.3 Å². The van der Waals surface area contributed by atoms with Crippen LogP contribution in [0.25, 0.3) is 0 Å². The number of hydrogen-bond donors (Lipinski definition) is 0. The molecule has 0 unspecified atom stereocenters. The van der Waals surface area contributed by atoms with E-state index in [4.69, 9.17) is 9.47 Å². The van der Waals surface area contributed by atoms with E-state index in [0.717, 1.165) is 6.54 Å². The summed E-state index contributed by atoms with van der Waals surface area (Å²) in [5.74, 6) is 0. The zero-order valence-corrected chi connectivity index (χ0v) is 13.5. The minimum absolute atomic E-state index is 0.0940. The fraction of sp³-hybridized carbons (Fsp3) is 1.00. The molecule has 0 aliphatic rings. The molecule has 0 bridgehead atoms. The molecule has 3 nitrogen and oxygen atoms in total. The van der Waals surface area contributed by atoms with E-state index in [0.29, 0.717) is 0 Å². The second-order valence-corrected chi connectivity index (χ2v) is 16.1. The number of nitrogens with zero attached hydrogens (tertiary/aromatic N) is 1. The van der Waals surface area contributed by atoms with Crippen molar-refractivity contribution in [2.24, 2.45) is 0 Å². The summed E-state index contributed by atoms with van der Waals surface area (Å²) in [6.45, 7) is 15.2. The predicted molar refractivity (Wildman–Crippen MR) is 71.2 cm³/mol. The summed E-state index contributed by atoms with van der Waals surface area (Å²) < 4.78 is 13.3. The van der Waals surface area contributed by atoms with Crippen LogP contribution in [0, 0.1) is 0 Å². The maximum Gasteiger partial charge on any atom is 0.168 e. The summed E-state index contributed by atoms with van der Waals surface area (Å²) in [7, 11) is 0.854. The first-order valence-electron chi connectivity index (χ1n) is 5.46. The molecular formula is C10H27NO2Si2. The van der Waals surface area contributed by atoms with Gasteiger partial charge in [0.1, 0.15) is 16.5 Å². The zero-order valence-electron chi connectivity index (χ0n) is 11.5. The van der Waals surface area contributed by atoms with Crippen molar-refractivity contribution in [3.63, 3.8) is 0 Å². The fourth-order valence-electron chi connectivity index (χ4n) is 1.95. The molecule has 0 saturated carbocycles. The summed E-state index contributed by atoms with van der Waals surface area (Å²) in [4.78, 5) is 0. The third-order valence-electron chi connectivity index (χ3n) is 2.48. The molecule has 0 heterocycles. The first-order chi connectivity index (χ1) is 6.62. The van der Waals surface area contributed by atoms with Crippen LogP contribution in [-0.4, -0.2) is 47.8 Å². The van der Waals surface area contributed by atoms with Gasteiger partial charge in [0.15, 0.2) is 6.29 Å². The highest BCUT2D eigenvalue weighted by Gasteiger charge is 2.35. The van der Waals surface area contributed by atoms with Gasteiger partial charge in [0.2, 0.25) is 0 Å². The first-order valence-corrected chi connectivity index (χ1v) is 12.4. The van der Waals surface area contributed by atoms with E-state index in [2.05, 4.69) is 43.5 Å². The Hall–Kier alpha value is 0.314. The zero-order chi connectivity index (χ0) is 12.3. The number of hydrogen-bond acceptors (Lipinski definition) is 3. The molecule has 0 radical (unpaired) electrons. The molecule has 92 valence electrons. The van der Waals surface area contributed by atoms with Crippen molar-refractivity contribution >= 4 is 16.5 Å². The van der Waals surface area contributed by atoms with Gasteiger partial charge < -0.3 is 13.7 Å². The predicted octanol–water partition coefficient (Wildman–Crippen LogP) is 2.58. The SMILES string of the molecule is COC(CN([Si](C)(C)C)[Si](C)(C)C)OC. The molecule has 0 aromatic heterocycles. The third kappa shape index (κ3) is 5.26.